The van der Waals surface area contributed by atoms with Gasteiger partial charge in [-0.25, -0.2) is 9.67 Å². The van der Waals surface area contributed by atoms with Gasteiger partial charge in [0.05, 0.1) is 17.7 Å². The monoisotopic (exact) mass is 196 g/mol. The molecule has 6 nitrogen and oxygen atoms in total. The number of tetrazole rings is 1. The molecule has 0 amide bonds. The Morgan fingerprint density at radius 2 is 2.54 bits per heavy atom. The van der Waals surface area contributed by atoms with Crippen molar-refractivity contribution in [3.63, 3.8) is 0 Å². The van der Waals surface area contributed by atoms with Crippen LogP contribution in [-0.4, -0.2) is 25.2 Å². The van der Waals surface area contributed by atoms with E-state index in [4.69, 9.17) is 0 Å². The third kappa shape index (κ3) is 1.81. The summed E-state index contributed by atoms with van der Waals surface area (Å²) < 4.78 is 1.58. The molecule has 0 aliphatic rings. The van der Waals surface area contributed by atoms with E-state index in [1.165, 1.54) is 0 Å². The van der Waals surface area contributed by atoms with Crippen LogP contribution in [0, 0.1) is 0 Å². The van der Waals surface area contributed by atoms with Gasteiger partial charge in [-0.3, -0.25) is 0 Å². The van der Waals surface area contributed by atoms with Crippen LogP contribution in [0.1, 0.15) is 5.69 Å². The highest BCUT2D eigenvalue weighted by molar-refractivity contribution is 7.07. The first-order valence-electron chi connectivity index (χ1n) is 3.69. The van der Waals surface area contributed by atoms with E-state index in [1.807, 2.05) is 5.38 Å². The number of aromatic nitrogens is 5. The molecule has 1 N–H and O–H groups in total. The fourth-order valence-corrected chi connectivity index (χ4v) is 1.43. The first kappa shape index (κ1) is 8.11. The van der Waals surface area contributed by atoms with Crippen molar-refractivity contribution in [2.24, 2.45) is 7.05 Å². The van der Waals surface area contributed by atoms with Crippen molar-refractivity contribution in [2.75, 3.05) is 5.32 Å². The summed E-state index contributed by atoms with van der Waals surface area (Å²) in [5, 5.41) is 16.0. The predicted octanol–water partition coefficient (Wildman–Crippen LogP) is 0.279. The molecule has 0 saturated heterocycles. The minimum absolute atomic E-state index is 0.646. The molecule has 0 aromatic carbocycles. The number of aryl methyl sites for hydroxylation is 1. The van der Waals surface area contributed by atoms with Gasteiger partial charge in [-0.15, -0.1) is 11.3 Å². The van der Waals surface area contributed by atoms with Crippen molar-refractivity contribution < 1.29 is 0 Å². The largest absolute Gasteiger partial charge is 0.347 e. The number of thiazole rings is 1. The van der Waals surface area contributed by atoms with Crippen LogP contribution < -0.4 is 5.32 Å². The molecule has 0 saturated carbocycles. The molecular weight excluding hydrogens is 188 g/mol. The summed E-state index contributed by atoms with van der Waals surface area (Å²) in [6.45, 7) is 0.651. The summed E-state index contributed by atoms with van der Waals surface area (Å²) in [7, 11) is 1.78. The molecule has 0 atom stereocenters. The molecule has 7 heteroatoms. The van der Waals surface area contributed by atoms with Crippen molar-refractivity contribution >= 4 is 17.3 Å². The molecular formula is C6H8N6S. The Morgan fingerprint density at radius 3 is 3.15 bits per heavy atom. The van der Waals surface area contributed by atoms with Gasteiger partial charge in [0.1, 0.15) is 0 Å². The number of hydrogen-bond donors (Lipinski definition) is 1. The summed E-state index contributed by atoms with van der Waals surface area (Å²) in [6, 6.07) is 0. The SMILES string of the molecule is Cn1nnnc1NCc1cscn1. The van der Waals surface area contributed by atoms with Crippen molar-refractivity contribution in [1.29, 1.82) is 0 Å². The number of hydrogen-bond acceptors (Lipinski definition) is 6. The van der Waals surface area contributed by atoms with Crippen molar-refractivity contribution in [3.05, 3.63) is 16.6 Å². The molecule has 0 bridgehead atoms. The van der Waals surface area contributed by atoms with E-state index in [0.717, 1.165) is 5.69 Å². The molecule has 2 aromatic rings. The van der Waals surface area contributed by atoms with E-state index >= 15 is 0 Å². The number of rotatable bonds is 3. The quantitative estimate of drug-likeness (QED) is 0.763. The van der Waals surface area contributed by atoms with Gasteiger partial charge < -0.3 is 5.32 Å². The van der Waals surface area contributed by atoms with Gasteiger partial charge in [-0.2, -0.15) is 0 Å². The molecule has 68 valence electrons. The lowest BCUT2D eigenvalue weighted by Gasteiger charge is -1.99. The predicted molar refractivity (Wildman–Crippen MR) is 48.2 cm³/mol. The molecule has 13 heavy (non-hydrogen) atoms. The number of nitrogens with one attached hydrogen (secondary N) is 1. The lowest BCUT2D eigenvalue weighted by atomic mass is 10.5. The maximum absolute atomic E-state index is 4.12. The van der Waals surface area contributed by atoms with Gasteiger partial charge in [0.2, 0.25) is 5.95 Å². The molecule has 0 aliphatic carbocycles. The Labute approximate surface area is 78.6 Å². The summed E-state index contributed by atoms with van der Waals surface area (Å²) in [5.41, 5.74) is 2.79. The maximum Gasteiger partial charge on any atom is 0.242 e. The van der Waals surface area contributed by atoms with Gasteiger partial charge >= 0.3 is 0 Å². The lowest BCUT2D eigenvalue weighted by Crippen LogP contribution is -2.05. The average molecular weight is 196 g/mol. The zero-order valence-electron chi connectivity index (χ0n) is 7.01. The fourth-order valence-electron chi connectivity index (χ4n) is 0.874. The fraction of sp³-hybridized carbons (Fsp3) is 0.333. The van der Waals surface area contributed by atoms with Gasteiger partial charge in [-0.05, 0) is 10.4 Å². The van der Waals surface area contributed by atoms with Crippen LogP contribution in [-0.2, 0) is 13.6 Å². The summed E-state index contributed by atoms with van der Waals surface area (Å²) in [5.74, 6) is 0.646. The van der Waals surface area contributed by atoms with Crippen LogP contribution in [0.5, 0.6) is 0 Å². The highest BCUT2D eigenvalue weighted by Gasteiger charge is 2.00. The van der Waals surface area contributed by atoms with Crippen LogP contribution in [0.4, 0.5) is 5.95 Å². The molecule has 0 aliphatic heterocycles. The lowest BCUT2D eigenvalue weighted by molar-refractivity contribution is 0.712. The third-order valence-corrected chi connectivity index (χ3v) is 2.17. The molecule has 2 heterocycles. The Hall–Kier alpha value is -1.50. The highest BCUT2D eigenvalue weighted by Crippen LogP contribution is 2.03. The van der Waals surface area contributed by atoms with E-state index in [1.54, 1.807) is 28.6 Å². The van der Waals surface area contributed by atoms with Crippen molar-refractivity contribution in [2.45, 2.75) is 6.54 Å². The molecule has 0 fully saturated rings. The Bertz CT molecular complexity index is 366. The van der Waals surface area contributed by atoms with Gasteiger partial charge in [0, 0.05) is 12.4 Å². The second-order valence-corrected chi connectivity index (χ2v) is 3.18. The first-order chi connectivity index (χ1) is 6.36. The molecule has 0 unspecified atom stereocenters. The van der Waals surface area contributed by atoms with Gasteiger partial charge in [0.25, 0.3) is 0 Å². The maximum atomic E-state index is 4.12. The molecule has 2 aromatic heterocycles. The minimum atomic E-state index is 0.646. The van der Waals surface area contributed by atoms with Crippen molar-refractivity contribution in [1.82, 2.24) is 25.2 Å². The summed E-state index contributed by atoms with van der Waals surface area (Å²) in [6.07, 6.45) is 0. The van der Waals surface area contributed by atoms with Crippen LogP contribution in [0.15, 0.2) is 10.9 Å². The average Bonchev–Trinajstić information content (AvgIpc) is 2.72. The Balaban J connectivity index is 1.97. The van der Waals surface area contributed by atoms with Gasteiger partial charge in [-0.1, -0.05) is 5.10 Å². The van der Waals surface area contributed by atoms with Crippen LogP contribution in [0.25, 0.3) is 0 Å². The van der Waals surface area contributed by atoms with Crippen LogP contribution in [0.2, 0.25) is 0 Å². The Kier molecular flexibility index (Phi) is 2.17. The number of nitrogens with zero attached hydrogens (tertiary/aromatic N) is 5. The smallest absolute Gasteiger partial charge is 0.242 e. The van der Waals surface area contributed by atoms with E-state index in [9.17, 15) is 0 Å². The molecule has 2 rings (SSSR count). The van der Waals surface area contributed by atoms with Crippen molar-refractivity contribution in [3.8, 4) is 0 Å². The van der Waals surface area contributed by atoms with E-state index in [2.05, 4.69) is 25.8 Å². The topological polar surface area (TPSA) is 68.5 Å². The Morgan fingerprint density at radius 1 is 1.62 bits per heavy atom. The second-order valence-electron chi connectivity index (χ2n) is 2.46. The number of anilines is 1. The zero-order valence-corrected chi connectivity index (χ0v) is 7.82. The summed E-state index contributed by atoms with van der Waals surface area (Å²) >= 11 is 1.57. The molecule has 0 spiro atoms. The van der Waals surface area contributed by atoms with Gasteiger partial charge in [0.15, 0.2) is 0 Å². The first-order valence-corrected chi connectivity index (χ1v) is 4.64. The molecule has 0 radical (unpaired) electrons. The third-order valence-electron chi connectivity index (χ3n) is 1.53. The van der Waals surface area contributed by atoms with E-state index in [-0.39, 0.29) is 0 Å². The minimum Gasteiger partial charge on any atom is -0.347 e. The zero-order chi connectivity index (χ0) is 9.10. The highest BCUT2D eigenvalue weighted by atomic mass is 32.1. The van der Waals surface area contributed by atoms with Crippen LogP contribution in [0.3, 0.4) is 0 Å². The van der Waals surface area contributed by atoms with Crippen LogP contribution >= 0.6 is 11.3 Å². The summed E-state index contributed by atoms with van der Waals surface area (Å²) in [4.78, 5) is 4.12. The normalized spacial score (nSPS) is 10.2. The second kappa shape index (κ2) is 3.48. The van der Waals surface area contributed by atoms with E-state index in [0.29, 0.717) is 12.5 Å². The standard InChI is InChI=1S/C6H8N6S/c1-12-6(9-10-11-12)7-2-5-3-13-4-8-5/h3-4H,2H2,1H3,(H,7,9,11). The van der Waals surface area contributed by atoms with E-state index < -0.39 is 0 Å².